The molecule has 0 aliphatic heterocycles. The van der Waals surface area contributed by atoms with E-state index >= 15 is 0 Å². The number of hydrogen-bond donors (Lipinski definition) is 3. The van der Waals surface area contributed by atoms with Crippen molar-refractivity contribution in [3.63, 3.8) is 0 Å². The van der Waals surface area contributed by atoms with Crippen molar-refractivity contribution in [3.8, 4) is 0 Å². The molecule has 0 fully saturated rings. The summed E-state index contributed by atoms with van der Waals surface area (Å²) in [5, 5.41) is 15.2. The van der Waals surface area contributed by atoms with Crippen LogP contribution in [0.3, 0.4) is 0 Å². The second kappa shape index (κ2) is 8.06. The molecule has 24 heavy (non-hydrogen) atoms. The normalized spacial score (nSPS) is 12.9. The molecule has 0 amide bonds. The van der Waals surface area contributed by atoms with Crippen LogP contribution in [0.2, 0.25) is 0 Å². The van der Waals surface area contributed by atoms with Crippen LogP contribution >= 0.6 is 0 Å². The molecule has 5 heteroatoms. The van der Waals surface area contributed by atoms with Crippen molar-refractivity contribution in [1.82, 2.24) is 9.55 Å². The van der Waals surface area contributed by atoms with Gasteiger partial charge in [-0.15, -0.1) is 0 Å². The Morgan fingerprint density at radius 1 is 1.25 bits per heavy atom. The Balaban J connectivity index is 3.30. The van der Waals surface area contributed by atoms with Crippen molar-refractivity contribution in [2.24, 2.45) is 12.8 Å². The summed E-state index contributed by atoms with van der Waals surface area (Å²) in [6.45, 7) is 13.0. The summed E-state index contributed by atoms with van der Waals surface area (Å²) in [7, 11) is 1.91. The molecule has 4 N–H and O–H groups in total. The van der Waals surface area contributed by atoms with Crippen LogP contribution in [0.1, 0.15) is 32.3 Å². The van der Waals surface area contributed by atoms with Gasteiger partial charge in [-0.25, -0.2) is 4.98 Å². The quantitative estimate of drug-likeness (QED) is 0.525. The number of hydrogen-bond acceptors (Lipinski definition) is 4. The van der Waals surface area contributed by atoms with Gasteiger partial charge < -0.3 is 21.1 Å². The fourth-order valence-corrected chi connectivity index (χ4v) is 2.11. The lowest BCUT2D eigenvalue weighted by Gasteiger charge is -2.05. The smallest absolute Gasteiger partial charge is 0.136 e. The maximum atomic E-state index is 7.65. The Morgan fingerprint density at radius 3 is 2.38 bits per heavy atom. The van der Waals surface area contributed by atoms with Crippen LogP contribution in [0.4, 0.5) is 0 Å². The van der Waals surface area contributed by atoms with Crippen molar-refractivity contribution >= 4 is 23.1 Å². The fraction of sp³-hybridized carbons (Fsp3) is 0.211. The summed E-state index contributed by atoms with van der Waals surface area (Å²) in [5.74, 6) is 0.765. The molecule has 1 aromatic heterocycles. The number of nitrogens with two attached hydrogens (primary N) is 1. The molecule has 5 nitrogen and oxygen atoms in total. The first-order valence-corrected chi connectivity index (χ1v) is 7.48. The average molecular weight is 323 g/mol. The molecule has 0 spiro atoms. The first-order chi connectivity index (χ1) is 11.2. The number of allylic oxidation sites excluding steroid dienone is 6. The Morgan fingerprint density at radius 2 is 1.88 bits per heavy atom. The number of aryl methyl sites for hydroxylation is 1. The molecule has 1 rings (SSSR count). The highest BCUT2D eigenvalue weighted by Crippen LogP contribution is 2.21. The Bertz CT molecular complexity index is 785. The van der Waals surface area contributed by atoms with Gasteiger partial charge in [-0.3, -0.25) is 0 Å². The van der Waals surface area contributed by atoms with Crippen LogP contribution in [0.25, 0.3) is 11.1 Å². The van der Waals surface area contributed by atoms with Crippen LogP contribution in [0.5, 0.6) is 0 Å². The van der Waals surface area contributed by atoms with Gasteiger partial charge in [0, 0.05) is 36.4 Å². The monoisotopic (exact) mass is 323 g/mol. The molecule has 0 saturated carbocycles. The fourth-order valence-electron chi connectivity index (χ4n) is 2.11. The number of nitrogens with one attached hydrogen (secondary N) is 2. The van der Waals surface area contributed by atoms with Gasteiger partial charge in [0.25, 0.3) is 0 Å². The van der Waals surface area contributed by atoms with Crippen LogP contribution in [0.15, 0.2) is 54.4 Å². The van der Waals surface area contributed by atoms with Gasteiger partial charge in [-0.05, 0) is 43.6 Å². The van der Waals surface area contributed by atoms with E-state index in [1.807, 2.05) is 31.7 Å². The molecule has 0 bridgehead atoms. The second-order valence-corrected chi connectivity index (χ2v) is 5.68. The van der Waals surface area contributed by atoms with E-state index in [4.69, 9.17) is 16.6 Å². The number of aromatic nitrogens is 2. The summed E-state index contributed by atoms with van der Waals surface area (Å²) in [6, 6.07) is 0. The Labute approximate surface area is 143 Å². The van der Waals surface area contributed by atoms with Gasteiger partial charge in [-0.2, -0.15) is 0 Å². The van der Waals surface area contributed by atoms with Gasteiger partial charge in [0.2, 0.25) is 0 Å². The minimum atomic E-state index is 0.398. The first-order valence-electron chi connectivity index (χ1n) is 7.48. The molecule has 0 atom stereocenters. The second-order valence-electron chi connectivity index (χ2n) is 5.68. The van der Waals surface area contributed by atoms with Gasteiger partial charge in [0.1, 0.15) is 5.82 Å². The standard InChI is InChI=1S/C19H25N5/c1-12(16(5)22)7-8-17(10-20)15(4)19-23-18(11-24(19)6)13(2)9-14(3)21/h7-11,20-21H,1,5,22H2,2-4,6H3/b8-7-,13-9+,17-15-,20-10?,21-14?. The van der Waals surface area contributed by atoms with E-state index in [0.717, 1.165) is 22.7 Å². The van der Waals surface area contributed by atoms with E-state index in [0.29, 0.717) is 22.6 Å². The number of rotatable bonds is 7. The van der Waals surface area contributed by atoms with E-state index in [1.54, 1.807) is 25.2 Å². The SMILES string of the molecule is C=C(N)C(=C)/C=C\C(C=N)=C(/C)c1nc(/C(C)=C/C(C)=N)cn1C. The maximum absolute atomic E-state index is 7.65. The molecular weight excluding hydrogens is 298 g/mol. The predicted molar refractivity (Wildman–Crippen MR) is 103 cm³/mol. The molecular formula is C19H25N5. The van der Waals surface area contributed by atoms with Gasteiger partial charge >= 0.3 is 0 Å². The van der Waals surface area contributed by atoms with Gasteiger partial charge in [0.05, 0.1) is 5.69 Å². The third kappa shape index (κ3) is 4.78. The van der Waals surface area contributed by atoms with E-state index in [2.05, 4.69) is 18.1 Å². The van der Waals surface area contributed by atoms with Gasteiger partial charge in [-0.1, -0.05) is 25.3 Å². The van der Waals surface area contributed by atoms with E-state index < -0.39 is 0 Å². The summed E-state index contributed by atoms with van der Waals surface area (Å²) in [5.41, 5.74) is 10.4. The zero-order valence-corrected chi connectivity index (χ0v) is 14.8. The minimum Gasteiger partial charge on any atom is -0.399 e. The molecule has 1 heterocycles. The molecule has 0 aliphatic rings. The summed E-state index contributed by atoms with van der Waals surface area (Å²) in [4.78, 5) is 4.63. The van der Waals surface area contributed by atoms with Crippen molar-refractivity contribution in [2.75, 3.05) is 0 Å². The molecule has 0 radical (unpaired) electrons. The lowest BCUT2D eigenvalue weighted by molar-refractivity contribution is 0.888. The van der Waals surface area contributed by atoms with Gasteiger partial charge in [0.15, 0.2) is 0 Å². The van der Waals surface area contributed by atoms with Crippen LogP contribution in [-0.4, -0.2) is 21.5 Å². The van der Waals surface area contributed by atoms with Crippen LogP contribution in [0, 0.1) is 10.8 Å². The summed E-state index contributed by atoms with van der Waals surface area (Å²) in [6.07, 6.45) is 8.48. The highest BCUT2D eigenvalue weighted by atomic mass is 15.0. The maximum Gasteiger partial charge on any atom is 0.136 e. The van der Waals surface area contributed by atoms with E-state index in [-0.39, 0.29) is 0 Å². The van der Waals surface area contributed by atoms with Crippen molar-refractivity contribution < 1.29 is 0 Å². The molecule has 0 unspecified atom stereocenters. The zero-order chi connectivity index (χ0) is 18.4. The molecule has 0 saturated heterocycles. The van der Waals surface area contributed by atoms with Crippen LogP contribution in [-0.2, 0) is 7.05 Å². The minimum absolute atomic E-state index is 0.398. The zero-order valence-electron chi connectivity index (χ0n) is 14.8. The van der Waals surface area contributed by atoms with E-state index in [9.17, 15) is 0 Å². The third-order valence-corrected chi connectivity index (χ3v) is 3.51. The topological polar surface area (TPSA) is 91.5 Å². The number of imidazole rings is 1. The summed E-state index contributed by atoms with van der Waals surface area (Å²) < 4.78 is 1.91. The predicted octanol–water partition coefficient (Wildman–Crippen LogP) is 3.87. The third-order valence-electron chi connectivity index (χ3n) is 3.51. The lowest BCUT2D eigenvalue weighted by atomic mass is 10.1. The molecule has 0 aromatic carbocycles. The van der Waals surface area contributed by atoms with Crippen molar-refractivity contribution in [1.29, 1.82) is 10.8 Å². The highest BCUT2D eigenvalue weighted by Gasteiger charge is 2.11. The number of nitrogens with zero attached hydrogens (tertiary/aromatic N) is 2. The average Bonchev–Trinajstić information content (AvgIpc) is 2.88. The molecule has 1 aromatic rings. The van der Waals surface area contributed by atoms with E-state index in [1.165, 1.54) is 6.21 Å². The Hall–Kier alpha value is -2.95. The van der Waals surface area contributed by atoms with Crippen molar-refractivity contribution in [2.45, 2.75) is 20.8 Å². The Kier molecular flexibility index (Phi) is 6.41. The van der Waals surface area contributed by atoms with Crippen molar-refractivity contribution in [3.05, 3.63) is 65.9 Å². The highest BCUT2D eigenvalue weighted by molar-refractivity contribution is 5.96. The molecule has 126 valence electrons. The summed E-state index contributed by atoms with van der Waals surface area (Å²) >= 11 is 0. The van der Waals surface area contributed by atoms with Crippen LogP contribution < -0.4 is 5.73 Å². The lowest BCUT2D eigenvalue weighted by Crippen LogP contribution is -1.98. The first kappa shape index (κ1) is 19.1. The molecule has 0 aliphatic carbocycles. The largest absolute Gasteiger partial charge is 0.399 e.